The van der Waals surface area contributed by atoms with Crippen molar-refractivity contribution in [3.8, 4) is 5.75 Å². The van der Waals surface area contributed by atoms with Crippen molar-refractivity contribution in [3.63, 3.8) is 0 Å². The SMILES string of the molecule is COc1ccc(N2CCN(C(=O)CCNS(C)(=O)=O)CC2)cc1. The minimum Gasteiger partial charge on any atom is -0.497 e. The molecule has 1 saturated heterocycles. The maximum atomic E-state index is 12.1. The van der Waals surface area contributed by atoms with E-state index in [0.29, 0.717) is 13.1 Å². The molecule has 1 heterocycles. The van der Waals surface area contributed by atoms with Crippen molar-refractivity contribution >= 4 is 21.6 Å². The average molecular weight is 341 g/mol. The Bertz CT molecular complexity index is 623. The molecule has 0 aliphatic carbocycles. The van der Waals surface area contributed by atoms with Gasteiger partial charge >= 0.3 is 0 Å². The number of hydrogen-bond acceptors (Lipinski definition) is 5. The molecule has 0 atom stereocenters. The van der Waals surface area contributed by atoms with E-state index in [1.807, 2.05) is 24.3 Å². The minimum absolute atomic E-state index is 0.0180. The summed E-state index contributed by atoms with van der Waals surface area (Å²) in [5, 5.41) is 0. The van der Waals surface area contributed by atoms with E-state index in [4.69, 9.17) is 4.74 Å². The molecule has 7 nitrogen and oxygen atoms in total. The third-order valence-electron chi connectivity index (χ3n) is 3.77. The third kappa shape index (κ3) is 5.40. The standard InChI is InChI=1S/C15H23N3O4S/c1-22-14-5-3-13(4-6-14)17-9-11-18(12-10-17)15(19)7-8-16-23(2,20)21/h3-6,16H,7-12H2,1-2H3. The van der Waals surface area contributed by atoms with Gasteiger partial charge in [0.15, 0.2) is 0 Å². The van der Waals surface area contributed by atoms with Crippen LogP contribution in [0.5, 0.6) is 5.75 Å². The molecule has 1 fully saturated rings. The van der Waals surface area contributed by atoms with Crippen molar-refractivity contribution in [3.05, 3.63) is 24.3 Å². The first-order chi connectivity index (χ1) is 10.9. The zero-order chi connectivity index (χ0) is 16.9. The summed E-state index contributed by atoms with van der Waals surface area (Å²) in [5.74, 6) is 0.802. The molecule has 8 heteroatoms. The molecule has 0 spiro atoms. The predicted octanol–water partition coefficient (Wildman–Crippen LogP) is 0.283. The molecule has 23 heavy (non-hydrogen) atoms. The van der Waals surface area contributed by atoms with Crippen LogP contribution in [0.4, 0.5) is 5.69 Å². The maximum Gasteiger partial charge on any atom is 0.224 e. The molecule has 1 aliphatic heterocycles. The van der Waals surface area contributed by atoms with Crippen LogP contribution < -0.4 is 14.4 Å². The Kier molecular flexibility index (Phi) is 5.84. The van der Waals surface area contributed by atoms with Crippen LogP contribution >= 0.6 is 0 Å². The first-order valence-corrected chi connectivity index (χ1v) is 9.39. The van der Waals surface area contributed by atoms with Gasteiger partial charge in [-0.3, -0.25) is 4.79 Å². The van der Waals surface area contributed by atoms with Gasteiger partial charge in [-0.1, -0.05) is 0 Å². The normalized spacial score (nSPS) is 15.6. The highest BCUT2D eigenvalue weighted by molar-refractivity contribution is 7.88. The van der Waals surface area contributed by atoms with Gasteiger partial charge in [-0.15, -0.1) is 0 Å². The fraction of sp³-hybridized carbons (Fsp3) is 0.533. The van der Waals surface area contributed by atoms with Gasteiger partial charge in [-0.05, 0) is 24.3 Å². The van der Waals surface area contributed by atoms with Crippen LogP contribution in [0.2, 0.25) is 0 Å². The number of amides is 1. The Morgan fingerprint density at radius 3 is 2.30 bits per heavy atom. The van der Waals surface area contributed by atoms with Crippen LogP contribution in [0.3, 0.4) is 0 Å². The molecule has 1 aromatic carbocycles. The summed E-state index contributed by atoms with van der Waals surface area (Å²) in [4.78, 5) is 16.1. The van der Waals surface area contributed by atoms with E-state index in [1.165, 1.54) is 0 Å². The van der Waals surface area contributed by atoms with Crippen LogP contribution in [-0.4, -0.2) is 65.3 Å². The molecule has 0 radical (unpaired) electrons. The fourth-order valence-corrected chi connectivity index (χ4v) is 2.98. The molecule has 0 aromatic heterocycles. The van der Waals surface area contributed by atoms with Crippen LogP contribution in [0.15, 0.2) is 24.3 Å². The van der Waals surface area contributed by atoms with Crippen LogP contribution in [-0.2, 0) is 14.8 Å². The first kappa shape index (κ1) is 17.6. The second-order valence-corrected chi connectivity index (χ2v) is 7.32. The second-order valence-electron chi connectivity index (χ2n) is 5.48. The molecule has 0 unspecified atom stereocenters. The fourth-order valence-electron chi connectivity index (χ4n) is 2.51. The van der Waals surface area contributed by atoms with Crippen molar-refractivity contribution in [2.75, 3.05) is 51.0 Å². The summed E-state index contributed by atoms with van der Waals surface area (Å²) in [6, 6.07) is 7.85. The number of rotatable bonds is 6. The molecule has 128 valence electrons. The summed E-state index contributed by atoms with van der Waals surface area (Å²) in [6.45, 7) is 2.96. The van der Waals surface area contributed by atoms with Crippen molar-refractivity contribution in [2.24, 2.45) is 0 Å². The van der Waals surface area contributed by atoms with E-state index in [2.05, 4.69) is 9.62 Å². The topological polar surface area (TPSA) is 79.0 Å². The average Bonchev–Trinajstić information content (AvgIpc) is 2.54. The second kappa shape index (κ2) is 7.65. The van der Waals surface area contributed by atoms with Crippen molar-refractivity contribution in [2.45, 2.75) is 6.42 Å². The summed E-state index contributed by atoms with van der Waals surface area (Å²) in [6.07, 6.45) is 1.28. The highest BCUT2D eigenvalue weighted by Crippen LogP contribution is 2.20. The number of ether oxygens (including phenoxy) is 1. The molecule has 1 aliphatic rings. The van der Waals surface area contributed by atoms with E-state index < -0.39 is 10.0 Å². The van der Waals surface area contributed by atoms with Crippen molar-refractivity contribution in [1.82, 2.24) is 9.62 Å². The lowest BCUT2D eigenvalue weighted by molar-refractivity contribution is -0.131. The molecular weight excluding hydrogens is 318 g/mol. The predicted molar refractivity (Wildman–Crippen MR) is 89.3 cm³/mol. The highest BCUT2D eigenvalue weighted by atomic mass is 32.2. The van der Waals surface area contributed by atoms with Gasteiger partial charge < -0.3 is 14.5 Å². The quantitative estimate of drug-likeness (QED) is 0.804. The number of nitrogens with one attached hydrogen (secondary N) is 1. The number of methoxy groups -OCH3 is 1. The van der Waals surface area contributed by atoms with Crippen molar-refractivity contribution < 1.29 is 17.9 Å². The first-order valence-electron chi connectivity index (χ1n) is 7.50. The van der Waals surface area contributed by atoms with Gasteiger partial charge in [0.25, 0.3) is 0 Å². The van der Waals surface area contributed by atoms with E-state index >= 15 is 0 Å². The summed E-state index contributed by atoms with van der Waals surface area (Å²) in [5.41, 5.74) is 1.11. The lowest BCUT2D eigenvalue weighted by Crippen LogP contribution is -2.49. The number of sulfonamides is 1. The largest absolute Gasteiger partial charge is 0.497 e. The number of anilines is 1. The number of piperazine rings is 1. The van der Waals surface area contributed by atoms with Gasteiger partial charge in [0.05, 0.1) is 13.4 Å². The smallest absolute Gasteiger partial charge is 0.224 e. The molecule has 0 saturated carbocycles. The summed E-state index contributed by atoms with van der Waals surface area (Å²) >= 11 is 0. The molecule has 0 bridgehead atoms. The van der Waals surface area contributed by atoms with Crippen LogP contribution in [0.25, 0.3) is 0 Å². The Balaban J connectivity index is 1.79. The van der Waals surface area contributed by atoms with Crippen LogP contribution in [0, 0.1) is 0 Å². The lowest BCUT2D eigenvalue weighted by Gasteiger charge is -2.36. The number of carbonyl (C=O) groups is 1. The Morgan fingerprint density at radius 1 is 1.17 bits per heavy atom. The Morgan fingerprint density at radius 2 is 1.78 bits per heavy atom. The molecular formula is C15H23N3O4S. The van der Waals surface area contributed by atoms with Crippen LogP contribution in [0.1, 0.15) is 6.42 Å². The Hall–Kier alpha value is -1.80. The van der Waals surface area contributed by atoms with Gasteiger partial charge in [-0.25, -0.2) is 13.1 Å². The zero-order valence-electron chi connectivity index (χ0n) is 13.5. The third-order valence-corrected chi connectivity index (χ3v) is 4.50. The Labute approximate surface area is 137 Å². The van der Waals surface area contributed by atoms with E-state index in [9.17, 15) is 13.2 Å². The van der Waals surface area contributed by atoms with Gasteiger partial charge in [0, 0.05) is 44.8 Å². The zero-order valence-corrected chi connectivity index (χ0v) is 14.3. The number of nitrogens with zero attached hydrogens (tertiary/aromatic N) is 2. The monoisotopic (exact) mass is 341 g/mol. The van der Waals surface area contributed by atoms with Gasteiger partial charge in [-0.2, -0.15) is 0 Å². The number of carbonyl (C=O) groups excluding carboxylic acids is 1. The number of hydrogen-bond donors (Lipinski definition) is 1. The molecule has 1 aromatic rings. The molecule has 2 rings (SSSR count). The lowest BCUT2D eigenvalue weighted by atomic mass is 10.2. The van der Waals surface area contributed by atoms with E-state index in [-0.39, 0.29) is 18.9 Å². The highest BCUT2D eigenvalue weighted by Gasteiger charge is 2.21. The number of benzene rings is 1. The van der Waals surface area contributed by atoms with E-state index in [1.54, 1.807) is 12.0 Å². The van der Waals surface area contributed by atoms with Crippen molar-refractivity contribution in [1.29, 1.82) is 0 Å². The minimum atomic E-state index is -3.24. The molecule has 1 N–H and O–H groups in total. The van der Waals surface area contributed by atoms with Gasteiger partial charge in [0.2, 0.25) is 15.9 Å². The molecule has 1 amide bonds. The maximum absolute atomic E-state index is 12.1. The van der Waals surface area contributed by atoms with E-state index in [0.717, 1.165) is 30.8 Å². The summed E-state index contributed by atoms with van der Waals surface area (Å²) < 4.78 is 29.5. The van der Waals surface area contributed by atoms with Gasteiger partial charge in [0.1, 0.15) is 5.75 Å². The summed E-state index contributed by atoms with van der Waals surface area (Å²) in [7, 11) is -1.60.